The zero-order valence-corrected chi connectivity index (χ0v) is 28.1. The number of likely N-dealkylation sites (tertiary alicyclic amines) is 1. The Morgan fingerprint density at radius 3 is 2.47 bits per heavy atom. The van der Waals surface area contributed by atoms with E-state index in [-0.39, 0.29) is 30.0 Å². The number of aromatic nitrogens is 5. The van der Waals surface area contributed by atoms with Crippen LogP contribution in [0.2, 0.25) is 5.02 Å². The average molecular weight is 700 g/mol. The van der Waals surface area contributed by atoms with Gasteiger partial charge in [0.25, 0.3) is 5.91 Å². The predicted octanol–water partition coefficient (Wildman–Crippen LogP) is 6.71. The van der Waals surface area contributed by atoms with Crippen LogP contribution < -0.4 is 5.32 Å². The molecule has 2 aromatic heterocycles. The van der Waals surface area contributed by atoms with E-state index >= 15 is 0 Å². The number of hydrogen-bond acceptors (Lipinski definition) is 7. The monoisotopic (exact) mass is 699 g/mol. The Hall–Kier alpha value is -4.92. The summed E-state index contributed by atoms with van der Waals surface area (Å²) in [6.45, 7) is 4.43. The lowest BCUT2D eigenvalue weighted by Gasteiger charge is -2.41. The topological polar surface area (TPSA) is 145 Å². The highest BCUT2D eigenvalue weighted by Gasteiger charge is 2.43. The lowest BCUT2D eigenvalue weighted by Crippen LogP contribution is -2.59. The molecular weight excluding hydrogens is 663 g/mol. The number of amides is 2. The van der Waals surface area contributed by atoms with E-state index in [1.54, 1.807) is 30.3 Å². The van der Waals surface area contributed by atoms with Crippen molar-refractivity contribution in [3.63, 3.8) is 0 Å². The molecule has 1 aliphatic rings. The smallest absolute Gasteiger partial charge is 0.410 e. The molecule has 1 atom stereocenters. The minimum atomic E-state index is -2.80. The van der Waals surface area contributed by atoms with Crippen molar-refractivity contribution >= 4 is 29.6 Å². The molecule has 2 aromatic carbocycles. The van der Waals surface area contributed by atoms with E-state index in [2.05, 4.69) is 25.6 Å². The largest absolute Gasteiger partial charge is 0.447 e. The van der Waals surface area contributed by atoms with Gasteiger partial charge >= 0.3 is 12.6 Å². The van der Waals surface area contributed by atoms with Gasteiger partial charge < -0.3 is 15.0 Å². The molecule has 1 aliphatic heterocycles. The molecule has 0 radical (unpaired) electrons. The molecule has 0 aliphatic carbocycles. The van der Waals surface area contributed by atoms with Gasteiger partial charge in [-0.15, -0.1) is 0 Å². The van der Waals surface area contributed by atoms with Crippen LogP contribution in [0, 0.1) is 10.8 Å². The van der Waals surface area contributed by atoms with Gasteiger partial charge in [0, 0.05) is 29.4 Å². The fraction of sp³-hybridized carbons (Fsp3) is 0.394. The molecule has 4 aromatic rings. The van der Waals surface area contributed by atoms with E-state index < -0.39 is 36.9 Å². The third-order valence-corrected chi connectivity index (χ3v) is 8.24. The molecule has 2 amide bonds. The fourth-order valence-corrected chi connectivity index (χ4v) is 5.49. The first kappa shape index (κ1) is 35.4. The van der Waals surface area contributed by atoms with Crippen LogP contribution in [0.15, 0.2) is 61.2 Å². The zero-order valence-electron chi connectivity index (χ0n) is 27.4. The Balaban J connectivity index is 1.51. The van der Waals surface area contributed by atoms with Crippen LogP contribution in [0.5, 0.6) is 0 Å². The number of carbonyl (C=O) groups excluding carboxylic acids is 2. The van der Waals surface area contributed by atoms with Crippen LogP contribution in [0.3, 0.4) is 0 Å². The Kier molecular flexibility index (Phi) is 10.3. The normalized spacial score (nSPS) is 14.7. The van der Waals surface area contributed by atoms with Gasteiger partial charge in [-0.1, -0.05) is 50.6 Å². The summed E-state index contributed by atoms with van der Waals surface area (Å²) >= 11 is 6.51. The molecule has 0 spiro atoms. The fourth-order valence-electron chi connectivity index (χ4n) is 5.29. The number of benzene rings is 2. The number of aromatic amines is 1. The number of guanidine groups is 1. The molecule has 260 valence electrons. The Morgan fingerprint density at radius 2 is 1.88 bits per heavy atom. The standard InChI is InChI=1S/C33H37ClF3N9O3/c1-32(2,3)11-12-39-30(38)46(28(47)21-7-5-20(6-8-21)23-14-42-45(15-23)29(35)36)26(16-49-31(48)44-17-33(4,37)18-44)22-9-10-25(34)24(13-22)27-40-19-41-43-27/h5-10,13-15,19,26,29H,11-12,16-18H2,1-4H3,(H2,38,39)(H,40,41,43)/t26-/m1/s1. The van der Waals surface area contributed by atoms with Gasteiger partial charge in [0.05, 0.1) is 30.4 Å². The lowest BCUT2D eigenvalue weighted by atomic mass is 9.92. The predicted molar refractivity (Wildman–Crippen MR) is 177 cm³/mol. The van der Waals surface area contributed by atoms with Crippen molar-refractivity contribution in [2.75, 3.05) is 26.2 Å². The van der Waals surface area contributed by atoms with Crippen LogP contribution in [0.25, 0.3) is 22.5 Å². The van der Waals surface area contributed by atoms with Gasteiger partial charge in [-0.2, -0.15) is 19.0 Å². The second kappa shape index (κ2) is 14.3. The first-order valence-corrected chi connectivity index (χ1v) is 15.8. The molecule has 5 rings (SSSR count). The van der Waals surface area contributed by atoms with Crippen molar-refractivity contribution in [3.8, 4) is 22.5 Å². The van der Waals surface area contributed by atoms with Crippen LogP contribution in [-0.4, -0.2) is 84.6 Å². The van der Waals surface area contributed by atoms with Crippen molar-refractivity contribution in [1.82, 2.24) is 40.1 Å². The lowest BCUT2D eigenvalue weighted by molar-refractivity contribution is -0.0210. The minimum absolute atomic E-state index is 0.0741. The molecule has 12 nitrogen and oxygen atoms in total. The number of rotatable bonds is 10. The van der Waals surface area contributed by atoms with E-state index in [1.807, 2.05) is 20.8 Å². The highest BCUT2D eigenvalue weighted by Crippen LogP contribution is 2.33. The van der Waals surface area contributed by atoms with Crippen LogP contribution in [0.1, 0.15) is 62.6 Å². The summed E-state index contributed by atoms with van der Waals surface area (Å²) in [5.41, 5.74) is 0.452. The van der Waals surface area contributed by atoms with E-state index in [0.29, 0.717) is 50.7 Å². The van der Waals surface area contributed by atoms with Gasteiger partial charge in [0.2, 0.25) is 0 Å². The number of hydrogen-bond donors (Lipinski definition) is 3. The Morgan fingerprint density at radius 1 is 1.16 bits per heavy atom. The van der Waals surface area contributed by atoms with Gasteiger partial charge in [-0.05, 0) is 54.2 Å². The van der Waals surface area contributed by atoms with Crippen molar-refractivity contribution in [2.45, 2.75) is 52.4 Å². The molecular formula is C33H37ClF3N9O3. The van der Waals surface area contributed by atoms with Crippen LogP contribution in [-0.2, 0) is 4.74 Å². The zero-order chi connectivity index (χ0) is 35.5. The summed E-state index contributed by atoms with van der Waals surface area (Å²) in [5.74, 6) is -0.512. The summed E-state index contributed by atoms with van der Waals surface area (Å²) in [6.07, 6.45) is 3.72. The molecule has 0 saturated carbocycles. The van der Waals surface area contributed by atoms with E-state index in [0.717, 1.165) is 0 Å². The van der Waals surface area contributed by atoms with Gasteiger partial charge in [-0.3, -0.25) is 20.2 Å². The maximum absolute atomic E-state index is 14.4. The molecule has 3 N–H and O–H groups in total. The minimum Gasteiger partial charge on any atom is -0.447 e. The number of ether oxygens (including phenoxy) is 1. The molecule has 49 heavy (non-hydrogen) atoms. The summed E-state index contributed by atoms with van der Waals surface area (Å²) in [6, 6.07) is 10.1. The third-order valence-electron chi connectivity index (χ3n) is 7.91. The van der Waals surface area contributed by atoms with Crippen molar-refractivity contribution < 1.29 is 27.5 Å². The van der Waals surface area contributed by atoms with Crippen LogP contribution in [0.4, 0.5) is 18.0 Å². The molecule has 16 heteroatoms. The van der Waals surface area contributed by atoms with E-state index in [4.69, 9.17) is 21.7 Å². The highest BCUT2D eigenvalue weighted by molar-refractivity contribution is 6.33. The van der Waals surface area contributed by atoms with Crippen LogP contribution >= 0.6 is 11.6 Å². The number of halogens is 4. The second-order valence-electron chi connectivity index (χ2n) is 13.3. The molecule has 3 heterocycles. The first-order valence-electron chi connectivity index (χ1n) is 15.5. The van der Waals surface area contributed by atoms with Crippen molar-refractivity contribution in [3.05, 3.63) is 77.3 Å². The molecule has 0 bridgehead atoms. The van der Waals surface area contributed by atoms with Gasteiger partial charge in [0.1, 0.15) is 18.6 Å². The van der Waals surface area contributed by atoms with E-state index in [9.17, 15) is 22.8 Å². The third kappa shape index (κ3) is 8.57. The average Bonchev–Trinajstić information content (AvgIpc) is 3.75. The van der Waals surface area contributed by atoms with Crippen molar-refractivity contribution in [2.24, 2.45) is 5.41 Å². The summed E-state index contributed by atoms with van der Waals surface area (Å²) < 4.78 is 46.6. The Labute approximate surface area is 286 Å². The number of nitrogens with one attached hydrogen (secondary N) is 3. The summed E-state index contributed by atoms with van der Waals surface area (Å²) in [7, 11) is 0. The summed E-state index contributed by atoms with van der Waals surface area (Å²) in [4.78, 5) is 33.9. The maximum Gasteiger partial charge on any atom is 0.410 e. The number of carbonyl (C=O) groups is 2. The number of alkyl halides is 3. The number of H-pyrrole nitrogens is 1. The molecule has 0 unspecified atom stereocenters. The molecule has 1 fully saturated rings. The second-order valence-corrected chi connectivity index (χ2v) is 13.7. The SMILES string of the molecule is CC(C)(C)CCNC(=N)N(C(=O)c1ccc(-c2cnn(C(F)F)c2)cc1)[C@H](COC(=O)N1CC(C)(F)C1)c1ccc(Cl)c(-c2ncn[nH]2)c1. The highest BCUT2D eigenvalue weighted by atomic mass is 35.5. The van der Waals surface area contributed by atoms with Crippen molar-refractivity contribution in [1.29, 1.82) is 5.41 Å². The first-order chi connectivity index (χ1) is 23.1. The van der Waals surface area contributed by atoms with Gasteiger partial charge in [-0.25, -0.2) is 18.9 Å². The van der Waals surface area contributed by atoms with E-state index in [1.165, 1.54) is 47.6 Å². The maximum atomic E-state index is 14.4. The molecule has 1 saturated heterocycles. The van der Waals surface area contributed by atoms with Gasteiger partial charge in [0.15, 0.2) is 11.8 Å². The summed E-state index contributed by atoms with van der Waals surface area (Å²) in [5, 5.41) is 22.8. The quantitative estimate of drug-likeness (QED) is 0.123. The number of nitrogens with zero attached hydrogens (tertiary/aromatic N) is 6. The Bertz CT molecular complexity index is 1780.